The van der Waals surface area contributed by atoms with Crippen LogP contribution in [0.3, 0.4) is 0 Å². The van der Waals surface area contributed by atoms with Crippen molar-refractivity contribution in [2.75, 3.05) is 18.5 Å². The Morgan fingerprint density at radius 1 is 1.40 bits per heavy atom. The van der Waals surface area contributed by atoms with E-state index in [0.29, 0.717) is 0 Å². The Morgan fingerprint density at radius 2 is 2.20 bits per heavy atom. The number of ether oxygens (including phenoxy) is 1. The Bertz CT molecular complexity index is 81.3. The van der Waals surface area contributed by atoms with Crippen molar-refractivity contribution in [3.63, 3.8) is 0 Å². The highest BCUT2D eigenvalue weighted by molar-refractivity contribution is 9.09. The fourth-order valence-corrected chi connectivity index (χ4v) is 0.787. The maximum Gasteiger partial charge on any atom is 0.0647 e. The maximum absolute atomic E-state index is 5.20. The van der Waals surface area contributed by atoms with E-state index in [0.717, 1.165) is 25.0 Å². The minimum atomic E-state index is 0.756. The van der Waals surface area contributed by atoms with Gasteiger partial charge in [-0.15, -0.1) is 0 Å². The van der Waals surface area contributed by atoms with Crippen LogP contribution in [-0.4, -0.2) is 18.5 Å². The second-order valence-electron chi connectivity index (χ2n) is 2.02. The molecule has 0 N–H and O–H groups in total. The fraction of sp³-hybridized carbons (Fsp3) is 0.750. The topological polar surface area (TPSA) is 9.23 Å². The van der Waals surface area contributed by atoms with Gasteiger partial charge in [0.15, 0.2) is 0 Å². The summed E-state index contributed by atoms with van der Waals surface area (Å²) in [4.78, 5) is 0. The number of rotatable bonds is 6. The molecule has 0 saturated heterocycles. The van der Waals surface area contributed by atoms with E-state index in [-0.39, 0.29) is 0 Å². The molecule has 10 heavy (non-hydrogen) atoms. The first-order chi connectivity index (χ1) is 4.91. The Kier molecular flexibility index (Phi) is 9.35. The van der Waals surface area contributed by atoms with Crippen LogP contribution in [0.15, 0.2) is 12.2 Å². The van der Waals surface area contributed by atoms with Crippen LogP contribution in [-0.2, 0) is 4.74 Å². The summed E-state index contributed by atoms with van der Waals surface area (Å²) in [5, 5.41) is 0.925. The highest BCUT2D eigenvalue weighted by Gasteiger charge is 1.79. The van der Waals surface area contributed by atoms with Gasteiger partial charge < -0.3 is 4.74 Å². The number of hydrogen-bond acceptors (Lipinski definition) is 1. The largest absolute Gasteiger partial charge is 0.377 e. The highest BCUT2D eigenvalue weighted by Crippen LogP contribution is 1.88. The lowest BCUT2D eigenvalue weighted by Gasteiger charge is -1.94. The van der Waals surface area contributed by atoms with Crippen LogP contribution in [0.25, 0.3) is 0 Å². The fourth-order valence-electron chi connectivity index (χ4n) is 0.558. The van der Waals surface area contributed by atoms with Crippen LogP contribution in [0.1, 0.15) is 19.8 Å². The highest BCUT2D eigenvalue weighted by atomic mass is 79.9. The molecule has 0 aromatic carbocycles. The molecule has 60 valence electrons. The van der Waals surface area contributed by atoms with Gasteiger partial charge in [-0.1, -0.05) is 41.4 Å². The second kappa shape index (κ2) is 9.18. The Hall–Kier alpha value is 0.180. The van der Waals surface area contributed by atoms with E-state index in [1.807, 2.05) is 0 Å². The maximum atomic E-state index is 5.20. The SMILES string of the molecule is CCC/C=C\COCCBr. The summed E-state index contributed by atoms with van der Waals surface area (Å²) in [5.41, 5.74) is 0. The van der Waals surface area contributed by atoms with E-state index in [1.165, 1.54) is 6.42 Å². The summed E-state index contributed by atoms with van der Waals surface area (Å²) in [7, 11) is 0. The minimum Gasteiger partial charge on any atom is -0.377 e. The molecule has 0 bridgehead atoms. The summed E-state index contributed by atoms with van der Waals surface area (Å²) >= 11 is 3.28. The van der Waals surface area contributed by atoms with Crippen molar-refractivity contribution < 1.29 is 4.74 Å². The molecule has 0 fully saturated rings. The van der Waals surface area contributed by atoms with E-state index >= 15 is 0 Å². The third kappa shape index (κ3) is 8.18. The summed E-state index contributed by atoms with van der Waals surface area (Å²) in [6, 6.07) is 0. The molecule has 0 heterocycles. The number of unbranched alkanes of at least 4 members (excludes halogenated alkanes) is 1. The number of hydrogen-bond donors (Lipinski definition) is 0. The number of alkyl halides is 1. The lowest BCUT2D eigenvalue weighted by atomic mass is 10.3. The zero-order valence-corrected chi connectivity index (χ0v) is 8.06. The summed E-state index contributed by atoms with van der Waals surface area (Å²) in [6.45, 7) is 3.73. The van der Waals surface area contributed by atoms with Crippen LogP contribution in [0.5, 0.6) is 0 Å². The van der Waals surface area contributed by atoms with Gasteiger partial charge in [0.1, 0.15) is 0 Å². The Balaban J connectivity index is 2.88. The first-order valence-electron chi connectivity index (χ1n) is 3.70. The lowest BCUT2D eigenvalue weighted by molar-refractivity contribution is 0.181. The van der Waals surface area contributed by atoms with Crippen molar-refractivity contribution in [2.45, 2.75) is 19.8 Å². The molecule has 0 saturated carbocycles. The molecule has 0 unspecified atom stereocenters. The smallest absolute Gasteiger partial charge is 0.0647 e. The van der Waals surface area contributed by atoms with Gasteiger partial charge in [0, 0.05) is 5.33 Å². The first kappa shape index (κ1) is 10.2. The molecular formula is C8H15BrO. The van der Waals surface area contributed by atoms with Crippen molar-refractivity contribution in [2.24, 2.45) is 0 Å². The third-order valence-electron chi connectivity index (χ3n) is 1.06. The molecule has 0 rings (SSSR count). The van der Waals surface area contributed by atoms with Crippen molar-refractivity contribution in [1.29, 1.82) is 0 Å². The van der Waals surface area contributed by atoms with Crippen molar-refractivity contribution in [3.05, 3.63) is 12.2 Å². The van der Waals surface area contributed by atoms with Gasteiger partial charge >= 0.3 is 0 Å². The van der Waals surface area contributed by atoms with Crippen molar-refractivity contribution >= 4 is 15.9 Å². The predicted molar refractivity (Wildman–Crippen MR) is 48.7 cm³/mol. The van der Waals surface area contributed by atoms with Crippen LogP contribution in [0.2, 0.25) is 0 Å². The average Bonchev–Trinajstić information content (AvgIpc) is 1.97. The molecule has 0 atom stereocenters. The molecule has 0 aliphatic heterocycles. The van der Waals surface area contributed by atoms with E-state index in [2.05, 4.69) is 35.0 Å². The lowest BCUT2D eigenvalue weighted by Crippen LogP contribution is -1.93. The molecular weight excluding hydrogens is 192 g/mol. The van der Waals surface area contributed by atoms with E-state index in [4.69, 9.17) is 4.74 Å². The van der Waals surface area contributed by atoms with Gasteiger partial charge in [0.05, 0.1) is 13.2 Å². The summed E-state index contributed by atoms with van der Waals surface area (Å²) in [5.74, 6) is 0. The summed E-state index contributed by atoms with van der Waals surface area (Å²) < 4.78 is 5.20. The molecule has 0 spiro atoms. The normalized spacial score (nSPS) is 11.0. The Morgan fingerprint density at radius 3 is 2.80 bits per heavy atom. The molecule has 2 heteroatoms. The molecule has 0 aromatic heterocycles. The predicted octanol–water partition coefficient (Wildman–Crippen LogP) is 2.75. The van der Waals surface area contributed by atoms with Gasteiger partial charge in [-0.05, 0) is 6.42 Å². The van der Waals surface area contributed by atoms with Gasteiger partial charge in [0.25, 0.3) is 0 Å². The minimum absolute atomic E-state index is 0.756. The van der Waals surface area contributed by atoms with Crippen molar-refractivity contribution in [1.82, 2.24) is 0 Å². The van der Waals surface area contributed by atoms with Crippen LogP contribution >= 0.6 is 15.9 Å². The standard InChI is InChI=1S/C8H15BrO/c1-2-3-4-5-7-10-8-6-9/h4-5H,2-3,6-8H2,1H3/b5-4-. The van der Waals surface area contributed by atoms with E-state index in [1.54, 1.807) is 0 Å². The van der Waals surface area contributed by atoms with E-state index < -0.39 is 0 Å². The van der Waals surface area contributed by atoms with Gasteiger partial charge in [-0.25, -0.2) is 0 Å². The number of allylic oxidation sites excluding steroid dienone is 1. The average molecular weight is 207 g/mol. The molecule has 0 aromatic rings. The number of halogens is 1. The monoisotopic (exact) mass is 206 g/mol. The zero-order valence-electron chi connectivity index (χ0n) is 6.48. The molecule has 0 aliphatic rings. The molecule has 0 aliphatic carbocycles. The van der Waals surface area contributed by atoms with Crippen molar-refractivity contribution in [3.8, 4) is 0 Å². The van der Waals surface area contributed by atoms with Crippen LogP contribution in [0.4, 0.5) is 0 Å². The van der Waals surface area contributed by atoms with Crippen LogP contribution in [0, 0.1) is 0 Å². The van der Waals surface area contributed by atoms with Gasteiger partial charge in [0.2, 0.25) is 0 Å². The molecule has 1 nitrogen and oxygen atoms in total. The van der Waals surface area contributed by atoms with Gasteiger partial charge in [-0.3, -0.25) is 0 Å². The summed E-state index contributed by atoms with van der Waals surface area (Å²) in [6.07, 6.45) is 6.62. The Labute approximate surface area is 71.6 Å². The van der Waals surface area contributed by atoms with Gasteiger partial charge in [-0.2, -0.15) is 0 Å². The first-order valence-corrected chi connectivity index (χ1v) is 4.82. The molecule has 0 radical (unpaired) electrons. The van der Waals surface area contributed by atoms with Crippen LogP contribution < -0.4 is 0 Å². The zero-order chi connectivity index (χ0) is 7.66. The quantitative estimate of drug-likeness (QED) is 0.369. The third-order valence-corrected chi connectivity index (χ3v) is 1.38. The second-order valence-corrected chi connectivity index (χ2v) is 2.82. The van der Waals surface area contributed by atoms with E-state index in [9.17, 15) is 0 Å². The molecule has 0 amide bonds.